The summed E-state index contributed by atoms with van der Waals surface area (Å²) in [5.41, 5.74) is 2.71. The van der Waals surface area contributed by atoms with E-state index in [1.165, 1.54) is 7.05 Å². The lowest BCUT2D eigenvalue weighted by atomic mass is 10.0. The summed E-state index contributed by atoms with van der Waals surface area (Å²) in [4.78, 5) is 26.4. The van der Waals surface area contributed by atoms with Gasteiger partial charge >= 0.3 is 0 Å². The van der Waals surface area contributed by atoms with Crippen LogP contribution in [-0.2, 0) is 9.59 Å². The quantitative estimate of drug-likeness (QED) is 0.782. The highest BCUT2D eigenvalue weighted by molar-refractivity contribution is 6.36. The highest BCUT2D eigenvalue weighted by Gasteiger charge is 2.37. The summed E-state index contributed by atoms with van der Waals surface area (Å²) in [5.74, 6) is -0.0173. The molecule has 2 amide bonds. The number of carbonyl (C=O) groups is 2. The van der Waals surface area contributed by atoms with Crippen LogP contribution in [0.3, 0.4) is 0 Å². The Morgan fingerprint density at radius 2 is 1.70 bits per heavy atom. The van der Waals surface area contributed by atoms with E-state index in [4.69, 9.17) is 16.3 Å². The second-order valence-corrected chi connectivity index (χ2v) is 7.05. The van der Waals surface area contributed by atoms with Crippen LogP contribution in [0.1, 0.15) is 25.0 Å². The molecule has 140 valence electrons. The van der Waals surface area contributed by atoms with Crippen molar-refractivity contribution in [2.45, 2.75) is 26.9 Å². The molecule has 0 spiro atoms. The number of benzene rings is 2. The van der Waals surface area contributed by atoms with Crippen LogP contribution < -0.4 is 10.1 Å². The van der Waals surface area contributed by atoms with Crippen LogP contribution in [0.4, 0.5) is 5.69 Å². The van der Waals surface area contributed by atoms with Crippen LogP contribution in [0.2, 0.25) is 5.02 Å². The molecule has 0 radical (unpaired) electrons. The van der Waals surface area contributed by atoms with Gasteiger partial charge in [0, 0.05) is 17.8 Å². The fourth-order valence-electron chi connectivity index (χ4n) is 2.88. The predicted molar refractivity (Wildman–Crippen MR) is 107 cm³/mol. The van der Waals surface area contributed by atoms with Crippen molar-refractivity contribution in [2.75, 3.05) is 12.4 Å². The Morgan fingerprint density at radius 3 is 2.33 bits per heavy atom. The number of nitrogens with zero attached hydrogens (tertiary/aromatic N) is 1. The number of rotatable bonds is 5. The number of hydrogen-bond acceptors (Lipinski definition) is 4. The molecular weight excluding hydrogens is 364 g/mol. The van der Waals surface area contributed by atoms with Crippen molar-refractivity contribution in [1.29, 1.82) is 0 Å². The van der Waals surface area contributed by atoms with E-state index in [2.05, 4.69) is 5.32 Å². The molecule has 1 aliphatic rings. The SMILES string of the molecule is Cc1c(Cl)cccc1NC1=C(c2ccc(OC(C)C)cc2)C(=O)N(C)C1=O. The molecule has 5 nitrogen and oxygen atoms in total. The normalized spacial score (nSPS) is 14.4. The molecule has 6 heteroatoms. The molecule has 0 saturated heterocycles. The smallest absolute Gasteiger partial charge is 0.277 e. The van der Waals surface area contributed by atoms with Crippen molar-refractivity contribution in [1.82, 2.24) is 4.90 Å². The van der Waals surface area contributed by atoms with Gasteiger partial charge in [0.1, 0.15) is 11.4 Å². The van der Waals surface area contributed by atoms with Gasteiger partial charge in [0.15, 0.2) is 0 Å². The molecule has 0 aliphatic carbocycles. The third-order valence-corrected chi connectivity index (χ3v) is 4.74. The van der Waals surface area contributed by atoms with Crippen LogP contribution in [-0.4, -0.2) is 29.9 Å². The van der Waals surface area contributed by atoms with Gasteiger partial charge in [0.05, 0.1) is 11.7 Å². The molecule has 0 bridgehead atoms. The van der Waals surface area contributed by atoms with E-state index in [1.54, 1.807) is 36.4 Å². The number of nitrogens with one attached hydrogen (secondary N) is 1. The summed E-state index contributed by atoms with van der Waals surface area (Å²) in [7, 11) is 1.47. The number of ether oxygens (including phenoxy) is 1. The number of imide groups is 1. The first kappa shape index (κ1) is 19.0. The third-order valence-electron chi connectivity index (χ3n) is 4.33. The number of hydrogen-bond donors (Lipinski definition) is 1. The molecular formula is C21H21ClN2O3. The van der Waals surface area contributed by atoms with Crippen LogP contribution in [0, 0.1) is 6.92 Å². The lowest BCUT2D eigenvalue weighted by molar-refractivity contribution is -0.135. The van der Waals surface area contributed by atoms with Gasteiger partial charge in [0.25, 0.3) is 11.8 Å². The van der Waals surface area contributed by atoms with Gasteiger partial charge in [-0.25, -0.2) is 0 Å². The van der Waals surface area contributed by atoms with E-state index < -0.39 is 0 Å². The second-order valence-electron chi connectivity index (χ2n) is 6.65. The van der Waals surface area contributed by atoms with Gasteiger partial charge in [-0.05, 0) is 56.2 Å². The molecule has 0 aromatic heterocycles. The lowest BCUT2D eigenvalue weighted by Gasteiger charge is -2.12. The number of carbonyl (C=O) groups excluding carboxylic acids is 2. The van der Waals surface area contributed by atoms with Gasteiger partial charge < -0.3 is 10.1 Å². The topological polar surface area (TPSA) is 58.6 Å². The zero-order valence-electron chi connectivity index (χ0n) is 15.7. The van der Waals surface area contributed by atoms with Gasteiger partial charge in [0.2, 0.25) is 0 Å². The van der Waals surface area contributed by atoms with E-state index in [0.717, 1.165) is 10.5 Å². The molecule has 3 rings (SSSR count). The van der Waals surface area contributed by atoms with E-state index in [0.29, 0.717) is 27.6 Å². The van der Waals surface area contributed by atoms with Gasteiger partial charge in [-0.15, -0.1) is 0 Å². The predicted octanol–water partition coefficient (Wildman–Crippen LogP) is 4.26. The fourth-order valence-corrected chi connectivity index (χ4v) is 3.05. The van der Waals surface area contributed by atoms with E-state index in [-0.39, 0.29) is 23.6 Å². The Bertz CT molecular complexity index is 933. The molecule has 2 aromatic rings. The Morgan fingerprint density at radius 1 is 1.04 bits per heavy atom. The molecule has 2 aromatic carbocycles. The highest BCUT2D eigenvalue weighted by atomic mass is 35.5. The van der Waals surface area contributed by atoms with Crippen molar-refractivity contribution >= 4 is 34.7 Å². The summed E-state index contributed by atoms with van der Waals surface area (Å²) in [6.45, 7) is 5.74. The molecule has 1 heterocycles. The Hall–Kier alpha value is -2.79. The molecule has 27 heavy (non-hydrogen) atoms. The average Bonchev–Trinajstić information content (AvgIpc) is 2.83. The average molecular weight is 385 g/mol. The van der Waals surface area contributed by atoms with E-state index in [9.17, 15) is 9.59 Å². The third kappa shape index (κ3) is 3.69. The molecule has 1 aliphatic heterocycles. The van der Waals surface area contributed by atoms with Crippen molar-refractivity contribution in [3.63, 3.8) is 0 Å². The summed E-state index contributed by atoms with van der Waals surface area (Å²) >= 11 is 6.17. The van der Waals surface area contributed by atoms with Crippen molar-refractivity contribution in [3.8, 4) is 5.75 Å². The van der Waals surface area contributed by atoms with Crippen LogP contribution in [0.25, 0.3) is 5.57 Å². The van der Waals surface area contributed by atoms with Crippen LogP contribution in [0.5, 0.6) is 5.75 Å². The minimum Gasteiger partial charge on any atom is -0.491 e. The summed E-state index contributed by atoms with van der Waals surface area (Å²) in [6.07, 6.45) is 0.0546. The maximum Gasteiger partial charge on any atom is 0.277 e. The number of likely N-dealkylation sites (N-methyl/N-ethyl adjacent to an activating group) is 1. The standard InChI is InChI=1S/C21H21ClN2O3/c1-12(2)27-15-10-8-14(9-11-15)18-19(21(26)24(4)20(18)25)23-17-7-5-6-16(22)13(17)3/h5-12,23H,1-4H3. The largest absolute Gasteiger partial charge is 0.491 e. The Kier molecular flexibility index (Phi) is 5.24. The maximum absolute atomic E-state index is 12.7. The highest BCUT2D eigenvalue weighted by Crippen LogP contribution is 2.32. The first-order valence-corrected chi connectivity index (χ1v) is 9.03. The number of halogens is 1. The van der Waals surface area contributed by atoms with Gasteiger partial charge in [-0.3, -0.25) is 14.5 Å². The molecule has 0 saturated carbocycles. The van der Waals surface area contributed by atoms with Crippen molar-refractivity contribution < 1.29 is 14.3 Å². The van der Waals surface area contributed by atoms with Crippen molar-refractivity contribution in [3.05, 3.63) is 64.3 Å². The fraction of sp³-hybridized carbons (Fsp3) is 0.238. The maximum atomic E-state index is 12.7. The summed E-state index contributed by atoms with van der Waals surface area (Å²) in [6, 6.07) is 12.5. The van der Waals surface area contributed by atoms with Gasteiger partial charge in [-0.2, -0.15) is 0 Å². The lowest BCUT2D eigenvalue weighted by Crippen LogP contribution is -2.28. The van der Waals surface area contributed by atoms with E-state index >= 15 is 0 Å². The van der Waals surface area contributed by atoms with Gasteiger partial charge in [-0.1, -0.05) is 29.8 Å². The molecule has 0 atom stereocenters. The summed E-state index contributed by atoms with van der Waals surface area (Å²) < 4.78 is 5.64. The second kappa shape index (κ2) is 7.45. The molecule has 0 unspecified atom stereocenters. The zero-order chi connectivity index (χ0) is 19.7. The van der Waals surface area contributed by atoms with E-state index in [1.807, 2.05) is 26.8 Å². The monoisotopic (exact) mass is 384 g/mol. The Balaban J connectivity index is 2.03. The minimum atomic E-state index is -0.378. The molecule has 1 N–H and O–H groups in total. The number of anilines is 1. The molecule has 0 fully saturated rings. The van der Waals surface area contributed by atoms with Crippen LogP contribution >= 0.6 is 11.6 Å². The first-order chi connectivity index (χ1) is 12.8. The summed E-state index contributed by atoms with van der Waals surface area (Å²) in [5, 5.41) is 3.69. The van der Waals surface area contributed by atoms with Crippen molar-refractivity contribution in [2.24, 2.45) is 0 Å². The van der Waals surface area contributed by atoms with Crippen LogP contribution in [0.15, 0.2) is 48.2 Å². The minimum absolute atomic E-state index is 0.0546. The number of amides is 2. The zero-order valence-corrected chi connectivity index (χ0v) is 16.4. The first-order valence-electron chi connectivity index (χ1n) is 8.65. The Labute approximate surface area is 163 Å².